The number of carbonyl (C=O) groups is 3. The maximum atomic E-state index is 11.5. The first-order valence-electron chi connectivity index (χ1n) is 6.69. The third kappa shape index (κ3) is 2.48. The second-order valence-corrected chi connectivity index (χ2v) is 5.46. The van der Waals surface area contributed by atoms with E-state index in [9.17, 15) is 19.5 Å². The van der Waals surface area contributed by atoms with Gasteiger partial charge >= 0.3 is 11.9 Å². The van der Waals surface area contributed by atoms with Crippen molar-refractivity contribution in [1.29, 1.82) is 0 Å². The lowest BCUT2D eigenvalue weighted by Crippen LogP contribution is -2.38. The molecule has 0 saturated carbocycles. The van der Waals surface area contributed by atoms with Gasteiger partial charge in [0.1, 0.15) is 11.3 Å². The van der Waals surface area contributed by atoms with Crippen LogP contribution < -0.4 is 5.32 Å². The topological polar surface area (TPSA) is 105 Å². The van der Waals surface area contributed by atoms with Gasteiger partial charge in [0.15, 0.2) is 0 Å². The van der Waals surface area contributed by atoms with Crippen LogP contribution in [0.3, 0.4) is 0 Å². The fraction of sp³-hybridized carbons (Fsp3) is 0.357. The van der Waals surface area contributed by atoms with Crippen LogP contribution in [0, 0.1) is 0 Å². The van der Waals surface area contributed by atoms with Gasteiger partial charge in [0.2, 0.25) is 5.91 Å². The van der Waals surface area contributed by atoms with Crippen LogP contribution >= 0.6 is 0 Å². The van der Waals surface area contributed by atoms with E-state index in [0.29, 0.717) is 11.3 Å². The van der Waals surface area contributed by atoms with Gasteiger partial charge in [-0.3, -0.25) is 14.4 Å². The van der Waals surface area contributed by atoms with Gasteiger partial charge in [-0.2, -0.15) is 0 Å². The molecule has 2 saturated heterocycles. The van der Waals surface area contributed by atoms with E-state index in [1.54, 1.807) is 12.1 Å². The third-order valence-corrected chi connectivity index (χ3v) is 3.62. The summed E-state index contributed by atoms with van der Waals surface area (Å²) in [5.74, 6) is -1.23. The van der Waals surface area contributed by atoms with Crippen LogP contribution in [0.25, 0.3) is 0 Å². The highest BCUT2D eigenvalue weighted by molar-refractivity contribution is 5.88. The highest BCUT2D eigenvalue weighted by Crippen LogP contribution is 2.41. The summed E-state index contributed by atoms with van der Waals surface area (Å²) in [6.45, 7) is 1.37. The Kier molecular flexibility index (Phi) is 3.25. The molecular formula is C14H14N2O6. The number of hydroxylamine groups is 2. The molecule has 8 heteroatoms. The molecule has 0 radical (unpaired) electrons. The van der Waals surface area contributed by atoms with E-state index >= 15 is 0 Å². The Morgan fingerprint density at radius 2 is 1.95 bits per heavy atom. The first-order chi connectivity index (χ1) is 10.4. The molecule has 1 aromatic carbocycles. The molecule has 0 unspecified atom stereocenters. The maximum absolute atomic E-state index is 11.5. The number of fused-ring (bicyclic) bond motifs is 1. The Hall–Kier alpha value is -2.61. The number of nitrogens with zero attached hydrogens (tertiary/aromatic N) is 1. The molecule has 0 spiro atoms. The molecule has 0 atom stereocenters. The van der Waals surface area contributed by atoms with Gasteiger partial charge in [-0.25, -0.2) is 0 Å². The number of hydrogen-bond acceptors (Lipinski definition) is 7. The van der Waals surface area contributed by atoms with Crippen molar-refractivity contribution in [3.8, 4) is 5.75 Å². The standard InChI is InChI=1S/C14H14N2O6/c1-8(17)15-10-2-3-11(18)9(4-10)5-14-6-12(19)21-16(14)22-13(20)7-14/h2-4,18H,5-7H2,1H3,(H,15,17). The molecule has 2 heterocycles. The average molecular weight is 306 g/mol. The summed E-state index contributed by atoms with van der Waals surface area (Å²) in [5, 5.41) is 13.5. The summed E-state index contributed by atoms with van der Waals surface area (Å²) in [7, 11) is 0. The lowest BCUT2D eigenvalue weighted by molar-refractivity contribution is -0.318. The molecular weight excluding hydrogens is 292 g/mol. The van der Waals surface area contributed by atoms with Gasteiger partial charge in [-0.15, -0.1) is 0 Å². The highest BCUT2D eigenvalue weighted by atomic mass is 17.0. The molecule has 0 aromatic heterocycles. The molecule has 0 bridgehead atoms. The quantitative estimate of drug-likeness (QED) is 0.790. The first-order valence-corrected chi connectivity index (χ1v) is 6.69. The van der Waals surface area contributed by atoms with Crippen LogP contribution in [0.15, 0.2) is 18.2 Å². The normalized spacial score (nSPS) is 19.5. The largest absolute Gasteiger partial charge is 0.508 e. The lowest BCUT2D eigenvalue weighted by atomic mass is 9.86. The average Bonchev–Trinajstić information content (AvgIpc) is 2.83. The van der Waals surface area contributed by atoms with Crippen LogP contribution in [-0.4, -0.2) is 33.7 Å². The molecule has 2 aliphatic heterocycles. The molecule has 0 aliphatic carbocycles. The fourth-order valence-corrected chi connectivity index (χ4v) is 2.74. The summed E-state index contributed by atoms with van der Waals surface area (Å²) in [4.78, 5) is 43.8. The smallest absolute Gasteiger partial charge is 0.331 e. The zero-order chi connectivity index (χ0) is 15.9. The Bertz CT molecular complexity index is 651. The van der Waals surface area contributed by atoms with Crippen LogP contribution in [0.1, 0.15) is 25.3 Å². The summed E-state index contributed by atoms with van der Waals surface area (Å²) in [5.41, 5.74) is 0.0344. The Morgan fingerprint density at radius 3 is 2.55 bits per heavy atom. The minimum Gasteiger partial charge on any atom is -0.508 e. The number of nitrogens with one attached hydrogen (secondary N) is 1. The summed E-state index contributed by atoms with van der Waals surface area (Å²) < 4.78 is 0. The van der Waals surface area contributed by atoms with Crippen molar-refractivity contribution < 1.29 is 29.2 Å². The van der Waals surface area contributed by atoms with Crippen molar-refractivity contribution in [1.82, 2.24) is 5.23 Å². The van der Waals surface area contributed by atoms with Crippen molar-refractivity contribution in [2.45, 2.75) is 31.7 Å². The number of phenolic OH excluding ortho intramolecular Hbond substituents is 1. The highest BCUT2D eigenvalue weighted by Gasteiger charge is 2.57. The molecule has 1 amide bonds. The molecule has 22 heavy (non-hydrogen) atoms. The minimum atomic E-state index is -0.958. The number of anilines is 1. The number of hydrogen-bond donors (Lipinski definition) is 2. The van der Waals surface area contributed by atoms with Gasteiger partial charge in [-0.1, -0.05) is 0 Å². The molecule has 8 nitrogen and oxygen atoms in total. The second kappa shape index (κ2) is 4.99. The van der Waals surface area contributed by atoms with Crippen molar-refractivity contribution in [3.05, 3.63) is 23.8 Å². The van der Waals surface area contributed by atoms with Crippen molar-refractivity contribution in [2.75, 3.05) is 5.32 Å². The van der Waals surface area contributed by atoms with E-state index < -0.39 is 17.5 Å². The molecule has 2 fully saturated rings. The summed E-state index contributed by atoms with van der Waals surface area (Å²) in [6.07, 6.45) is 0.148. The monoisotopic (exact) mass is 306 g/mol. The van der Waals surface area contributed by atoms with E-state index in [1.165, 1.54) is 13.0 Å². The van der Waals surface area contributed by atoms with Crippen LogP contribution in [0.2, 0.25) is 0 Å². The molecule has 1 aromatic rings. The zero-order valence-electron chi connectivity index (χ0n) is 11.8. The molecule has 2 N–H and O–H groups in total. The lowest BCUT2D eigenvalue weighted by Gasteiger charge is -2.24. The van der Waals surface area contributed by atoms with Crippen molar-refractivity contribution in [2.24, 2.45) is 0 Å². The van der Waals surface area contributed by atoms with Gasteiger partial charge in [0.25, 0.3) is 0 Å². The van der Waals surface area contributed by atoms with Crippen LogP contribution in [0.4, 0.5) is 5.69 Å². The van der Waals surface area contributed by atoms with Crippen LogP contribution in [0.5, 0.6) is 5.75 Å². The van der Waals surface area contributed by atoms with Gasteiger partial charge in [-0.05, 0) is 23.8 Å². The maximum Gasteiger partial charge on any atom is 0.331 e. The van der Waals surface area contributed by atoms with Crippen molar-refractivity contribution >= 4 is 23.5 Å². The van der Waals surface area contributed by atoms with Crippen LogP contribution in [-0.2, 0) is 30.5 Å². The second-order valence-electron chi connectivity index (χ2n) is 5.46. The van der Waals surface area contributed by atoms with E-state index in [-0.39, 0.29) is 30.9 Å². The first kappa shape index (κ1) is 14.3. The predicted octanol–water partition coefficient (Wildman–Crippen LogP) is 0.658. The summed E-state index contributed by atoms with van der Waals surface area (Å²) >= 11 is 0. The van der Waals surface area contributed by atoms with E-state index in [0.717, 1.165) is 5.23 Å². The van der Waals surface area contributed by atoms with E-state index in [4.69, 9.17) is 9.68 Å². The van der Waals surface area contributed by atoms with Gasteiger partial charge < -0.3 is 20.1 Å². The summed E-state index contributed by atoms with van der Waals surface area (Å²) in [6, 6.07) is 4.59. The fourth-order valence-electron chi connectivity index (χ4n) is 2.74. The number of aromatic hydroxyl groups is 1. The Balaban J connectivity index is 1.90. The minimum absolute atomic E-state index is 0.00197. The van der Waals surface area contributed by atoms with E-state index in [2.05, 4.69) is 5.32 Å². The number of carbonyl (C=O) groups excluding carboxylic acids is 3. The van der Waals surface area contributed by atoms with E-state index in [1.807, 2.05) is 0 Å². The number of rotatable bonds is 3. The third-order valence-electron chi connectivity index (χ3n) is 3.62. The zero-order valence-corrected chi connectivity index (χ0v) is 11.8. The molecule has 116 valence electrons. The Morgan fingerprint density at radius 1 is 1.32 bits per heavy atom. The predicted molar refractivity (Wildman–Crippen MR) is 72.1 cm³/mol. The number of benzene rings is 1. The Labute approximate surface area is 125 Å². The molecule has 3 rings (SSSR count). The van der Waals surface area contributed by atoms with Gasteiger partial charge in [0.05, 0.1) is 12.8 Å². The van der Waals surface area contributed by atoms with Crippen molar-refractivity contribution in [3.63, 3.8) is 0 Å². The number of amides is 1. The van der Waals surface area contributed by atoms with Gasteiger partial charge in [0, 0.05) is 24.3 Å². The SMILES string of the molecule is CC(=O)Nc1ccc(O)c(CC23CC(=O)ON2OC(=O)C3)c1. The molecule has 2 aliphatic rings. The number of phenols is 1.